The third kappa shape index (κ3) is 13.7. The number of nitrogens with one attached hydrogen (secondary N) is 2. The molecular formula is C39H44F2N2O8. The Bertz CT molecular complexity index is 1610. The van der Waals surface area contributed by atoms with Gasteiger partial charge in [-0.1, -0.05) is 84.9 Å². The van der Waals surface area contributed by atoms with Crippen molar-refractivity contribution in [2.24, 2.45) is 0 Å². The lowest BCUT2D eigenvalue weighted by Crippen LogP contribution is -2.50. The number of hydrogen-bond acceptors (Lipinski definition) is 8. The van der Waals surface area contributed by atoms with Crippen LogP contribution in [0.5, 0.6) is 0 Å². The normalized spacial score (nSPS) is 13.1. The Morgan fingerprint density at radius 3 is 1.61 bits per heavy atom. The highest BCUT2D eigenvalue weighted by atomic mass is 19.1. The van der Waals surface area contributed by atoms with Gasteiger partial charge in [0.25, 0.3) is 5.97 Å². The lowest BCUT2D eigenvalue weighted by Gasteiger charge is -2.33. The molecule has 0 bridgehead atoms. The van der Waals surface area contributed by atoms with Crippen molar-refractivity contribution in [3.05, 3.63) is 143 Å². The van der Waals surface area contributed by atoms with Crippen LogP contribution in [0.2, 0.25) is 0 Å². The SMILES string of the molecule is COC(C)(OC)OCOC(CC(Cc1ccc(F)cc1)NC(=O)OCc1ccccc1)C(Cc1ccc(F)cc1)NC(=O)OCc1ccccc1. The Balaban J connectivity index is 1.61. The number of halogens is 2. The molecule has 3 unspecified atom stereocenters. The Morgan fingerprint density at radius 2 is 1.12 bits per heavy atom. The largest absolute Gasteiger partial charge is 0.445 e. The maximum atomic E-state index is 13.9. The smallest absolute Gasteiger partial charge is 0.407 e. The van der Waals surface area contributed by atoms with E-state index in [-0.39, 0.29) is 39.3 Å². The number of amides is 2. The zero-order valence-electron chi connectivity index (χ0n) is 28.9. The van der Waals surface area contributed by atoms with E-state index in [4.69, 9.17) is 28.4 Å². The number of alkyl carbamates (subject to hydrolysis) is 2. The number of hydrogen-bond donors (Lipinski definition) is 2. The summed E-state index contributed by atoms with van der Waals surface area (Å²) in [5, 5.41) is 5.83. The second-order valence-corrected chi connectivity index (χ2v) is 11.9. The van der Waals surface area contributed by atoms with Gasteiger partial charge in [0.05, 0.1) is 12.1 Å². The van der Waals surface area contributed by atoms with E-state index in [9.17, 15) is 18.4 Å². The Labute approximate surface area is 297 Å². The van der Waals surface area contributed by atoms with Crippen LogP contribution in [0, 0.1) is 11.6 Å². The highest BCUT2D eigenvalue weighted by Crippen LogP contribution is 2.20. The van der Waals surface area contributed by atoms with E-state index in [0.717, 1.165) is 16.7 Å². The second-order valence-electron chi connectivity index (χ2n) is 11.9. The number of methoxy groups -OCH3 is 2. The number of carbonyl (C=O) groups excluding carboxylic acids is 2. The van der Waals surface area contributed by atoms with Gasteiger partial charge in [0, 0.05) is 27.2 Å². The Morgan fingerprint density at radius 1 is 0.647 bits per heavy atom. The molecule has 3 atom stereocenters. The molecule has 12 heteroatoms. The first-order chi connectivity index (χ1) is 24.6. The molecule has 0 aliphatic heterocycles. The van der Waals surface area contributed by atoms with Crippen molar-refractivity contribution in [3.8, 4) is 0 Å². The Hall–Kier alpha value is -4.88. The zero-order chi connectivity index (χ0) is 36.5. The third-order valence-electron chi connectivity index (χ3n) is 8.13. The van der Waals surface area contributed by atoms with Gasteiger partial charge in [0.1, 0.15) is 24.8 Å². The molecule has 4 rings (SSSR count). The van der Waals surface area contributed by atoms with Crippen LogP contribution >= 0.6 is 0 Å². The average molecular weight is 707 g/mol. The highest BCUT2D eigenvalue weighted by molar-refractivity contribution is 5.68. The maximum absolute atomic E-state index is 13.9. The van der Waals surface area contributed by atoms with Gasteiger partial charge in [-0.25, -0.2) is 18.4 Å². The molecule has 0 aliphatic carbocycles. The van der Waals surface area contributed by atoms with Gasteiger partial charge < -0.3 is 39.1 Å². The number of rotatable bonds is 19. The van der Waals surface area contributed by atoms with E-state index < -0.39 is 48.0 Å². The molecular weight excluding hydrogens is 662 g/mol. The van der Waals surface area contributed by atoms with Crippen molar-refractivity contribution in [1.29, 1.82) is 0 Å². The van der Waals surface area contributed by atoms with Crippen molar-refractivity contribution in [1.82, 2.24) is 10.6 Å². The van der Waals surface area contributed by atoms with Crippen molar-refractivity contribution >= 4 is 12.2 Å². The maximum Gasteiger partial charge on any atom is 0.407 e. The average Bonchev–Trinajstić information content (AvgIpc) is 3.15. The number of ether oxygens (including phenoxy) is 6. The standard InChI is InChI=1S/C39H44F2N2O8/c1-39(46-2,47-3)51-27-50-36(35(23-29-16-20-33(41)21-17-29)43-38(45)49-26-31-12-8-5-9-13-31)24-34(22-28-14-18-32(40)19-15-28)42-37(44)48-25-30-10-6-4-7-11-30/h4-21,34-36H,22-27H2,1-3H3,(H,42,44)(H,43,45). The van der Waals surface area contributed by atoms with Crippen molar-refractivity contribution in [2.45, 2.75) is 63.6 Å². The molecule has 0 aromatic heterocycles. The van der Waals surface area contributed by atoms with Crippen LogP contribution in [0.25, 0.3) is 0 Å². The first-order valence-electron chi connectivity index (χ1n) is 16.4. The summed E-state index contributed by atoms with van der Waals surface area (Å²) in [7, 11) is 2.82. The topological polar surface area (TPSA) is 114 Å². The van der Waals surface area contributed by atoms with Gasteiger partial charge in [0.2, 0.25) is 0 Å². The fourth-order valence-corrected chi connectivity index (χ4v) is 5.15. The number of benzene rings is 4. The van der Waals surface area contributed by atoms with E-state index >= 15 is 0 Å². The fourth-order valence-electron chi connectivity index (χ4n) is 5.15. The van der Waals surface area contributed by atoms with Gasteiger partial charge in [-0.3, -0.25) is 0 Å². The van der Waals surface area contributed by atoms with Crippen LogP contribution in [-0.2, 0) is 54.5 Å². The quantitative estimate of drug-likeness (QED) is 0.0998. The van der Waals surface area contributed by atoms with Crippen molar-refractivity contribution in [2.75, 3.05) is 21.0 Å². The zero-order valence-corrected chi connectivity index (χ0v) is 28.9. The van der Waals surface area contributed by atoms with Gasteiger partial charge in [-0.05, 0) is 65.8 Å². The lowest BCUT2D eigenvalue weighted by atomic mass is 9.93. The first-order valence-corrected chi connectivity index (χ1v) is 16.4. The minimum Gasteiger partial charge on any atom is -0.445 e. The third-order valence-corrected chi connectivity index (χ3v) is 8.13. The summed E-state index contributed by atoms with van der Waals surface area (Å²) < 4.78 is 61.4. The van der Waals surface area contributed by atoms with Crippen LogP contribution in [0.3, 0.4) is 0 Å². The number of carbonyl (C=O) groups is 2. The summed E-state index contributed by atoms with van der Waals surface area (Å²) in [6.07, 6.45) is -1.68. The van der Waals surface area contributed by atoms with Crippen LogP contribution in [0.4, 0.5) is 18.4 Å². The van der Waals surface area contributed by atoms with Crippen molar-refractivity contribution in [3.63, 3.8) is 0 Å². The molecule has 4 aromatic rings. The monoisotopic (exact) mass is 706 g/mol. The van der Waals surface area contributed by atoms with Crippen LogP contribution in [0.15, 0.2) is 109 Å². The van der Waals surface area contributed by atoms with E-state index in [1.54, 1.807) is 31.2 Å². The van der Waals surface area contributed by atoms with E-state index in [0.29, 0.717) is 5.56 Å². The molecule has 0 fully saturated rings. The van der Waals surface area contributed by atoms with Gasteiger partial charge in [-0.2, -0.15) is 0 Å². The van der Waals surface area contributed by atoms with Gasteiger partial charge >= 0.3 is 12.2 Å². The van der Waals surface area contributed by atoms with Crippen LogP contribution in [0.1, 0.15) is 35.6 Å². The second kappa shape index (κ2) is 20.1. The van der Waals surface area contributed by atoms with Crippen LogP contribution < -0.4 is 10.6 Å². The summed E-state index contributed by atoms with van der Waals surface area (Å²) in [5.41, 5.74) is 3.03. The predicted molar refractivity (Wildman–Crippen MR) is 185 cm³/mol. The van der Waals surface area contributed by atoms with Gasteiger partial charge in [-0.15, -0.1) is 0 Å². The molecule has 4 aromatic carbocycles. The molecule has 0 aliphatic rings. The molecule has 2 N–H and O–H groups in total. The minimum atomic E-state index is -1.44. The predicted octanol–water partition coefficient (Wildman–Crippen LogP) is 7.06. The van der Waals surface area contributed by atoms with E-state index in [1.165, 1.54) is 38.5 Å². The molecule has 0 saturated heterocycles. The lowest BCUT2D eigenvalue weighted by molar-refractivity contribution is -0.374. The van der Waals surface area contributed by atoms with Crippen LogP contribution in [-0.4, -0.2) is 57.4 Å². The fraction of sp³-hybridized carbons (Fsp3) is 0.333. The summed E-state index contributed by atoms with van der Waals surface area (Å²) in [4.78, 5) is 26.4. The summed E-state index contributed by atoms with van der Waals surface area (Å²) >= 11 is 0. The van der Waals surface area contributed by atoms with Crippen molar-refractivity contribution < 1.29 is 46.8 Å². The summed E-state index contributed by atoms with van der Waals surface area (Å²) in [6, 6.07) is 28.8. The molecule has 272 valence electrons. The molecule has 0 radical (unpaired) electrons. The van der Waals surface area contributed by atoms with E-state index in [1.807, 2.05) is 60.7 Å². The minimum absolute atomic E-state index is 0.0204. The summed E-state index contributed by atoms with van der Waals surface area (Å²) in [6.45, 7) is 1.28. The highest BCUT2D eigenvalue weighted by Gasteiger charge is 2.31. The molecule has 0 saturated carbocycles. The molecule has 51 heavy (non-hydrogen) atoms. The first kappa shape index (κ1) is 38.9. The molecule has 10 nitrogen and oxygen atoms in total. The van der Waals surface area contributed by atoms with E-state index in [2.05, 4.69) is 10.6 Å². The van der Waals surface area contributed by atoms with Gasteiger partial charge in [0.15, 0.2) is 6.79 Å². The summed E-state index contributed by atoms with van der Waals surface area (Å²) in [5.74, 6) is -2.25. The molecule has 2 amide bonds. The molecule has 0 heterocycles. The Kier molecular flexibility index (Phi) is 15.3. The molecule has 0 spiro atoms.